The van der Waals surface area contributed by atoms with Crippen LogP contribution < -0.4 is 34.7 Å². The molecule has 0 radical (unpaired) electrons. The summed E-state index contributed by atoms with van der Waals surface area (Å²) in [6, 6.07) is 13.1. The van der Waals surface area contributed by atoms with E-state index in [9.17, 15) is 9.90 Å². The molecule has 0 saturated carbocycles. The van der Waals surface area contributed by atoms with Gasteiger partial charge < -0.3 is 9.90 Å². The minimum Gasteiger partial charge on any atom is -0.549 e. The van der Waals surface area contributed by atoms with Gasteiger partial charge in [-0.15, -0.1) is 11.3 Å². The zero-order valence-electron chi connectivity index (χ0n) is 9.63. The Kier molecular flexibility index (Phi) is 5.92. The van der Waals surface area contributed by atoms with Crippen LogP contribution in [0.15, 0.2) is 47.8 Å². The van der Waals surface area contributed by atoms with Crippen molar-refractivity contribution in [3.63, 3.8) is 0 Å². The zero-order chi connectivity index (χ0) is 11.4. The predicted molar refractivity (Wildman–Crippen MR) is 62.2 cm³/mol. The molecule has 0 fully saturated rings. The first kappa shape index (κ1) is 14.5. The maximum atomic E-state index is 11.1. The van der Waals surface area contributed by atoms with Gasteiger partial charge in [0.25, 0.3) is 0 Å². The van der Waals surface area contributed by atoms with Gasteiger partial charge in [-0.2, -0.15) is 0 Å². The summed E-state index contributed by atoms with van der Waals surface area (Å²) in [6.45, 7) is 0. The number of rotatable bonds is 4. The van der Waals surface area contributed by atoms with E-state index in [4.69, 9.17) is 0 Å². The van der Waals surface area contributed by atoms with Crippen LogP contribution in [0.25, 0.3) is 0 Å². The monoisotopic (exact) mass is 254 g/mol. The van der Waals surface area contributed by atoms with Crippen molar-refractivity contribution in [3.8, 4) is 0 Å². The van der Waals surface area contributed by atoms with Gasteiger partial charge in [0.1, 0.15) is 0 Å². The predicted octanol–water partition coefficient (Wildman–Crippen LogP) is -1.17. The molecule has 2 nitrogen and oxygen atoms in total. The second-order valence-electron chi connectivity index (χ2n) is 3.57. The van der Waals surface area contributed by atoms with E-state index in [1.807, 2.05) is 47.8 Å². The van der Waals surface area contributed by atoms with Gasteiger partial charge in [-0.25, -0.2) is 0 Å². The third-order valence-corrected chi connectivity index (χ3v) is 3.37. The third kappa shape index (κ3) is 3.96. The van der Waals surface area contributed by atoms with Crippen molar-refractivity contribution < 1.29 is 39.5 Å². The Morgan fingerprint density at radius 1 is 1.18 bits per heavy atom. The van der Waals surface area contributed by atoms with Crippen LogP contribution in [0.5, 0.6) is 0 Å². The molecule has 0 spiro atoms. The number of hydrogen-bond donors (Lipinski definition) is 0. The number of benzene rings is 1. The summed E-state index contributed by atoms with van der Waals surface area (Å²) in [5, 5.41) is 13.1. The molecule has 17 heavy (non-hydrogen) atoms. The van der Waals surface area contributed by atoms with Gasteiger partial charge in [0.15, 0.2) is 0 Å². The molecule has 1 aromatic heterocycles. The maximum absolute atomic E-state index is 11.1. The number of hydrogen-bond acceptors (Lipinski definition) is 3. The fourth-order valence-electron chi connectivity index (χ4n) is 1.65. The molecule has 0 aliphatic carbocycles. The van der Waals surface area contributed by atoms with Crippen LogP contribution >= 0.6 is 11.3 Å². The molecule has 4 heteroatoms. The summed E-state index contributed by atoms with van der Waals surface area (Å²) in [7, 11) is 0. The molecule has 1 heterocycles. The van der Waals surface area contributed by atoms with Crippen molar-refractivity contribution >= 4 is 17.3 Å². The second kappa shape index (κ2) is 6.97. The molecule has 0 saturated heterocycles. The van der Waals surface area contributed by atoms with Crippen LogP contribution in [0.2, 0.25) is 0 Å². The van der Waals surface area contributed by atoms with E-state index < -0.39 is 11.9 Å². The number of aliphatic carboxylic acids is 1. The molecule has 0 unspecified atom stereocenters. The van der Waals surface area contributed by atoms with Crippen LogP contribution in [0.4, 0.5) is 0 Å². The van der Waals surface area contributed by atoms with E-state index >= 15 is 0 Å². The molecule has 1 atom stereocenters. The summed E-state index contributed by atoms with van der Waals surface area (Å²) in [6.07, 6.45) is 0.504. The molecular formula is C13H11NaO2S. The van der Waals surface area contributed by atoms with Crippen molar-refractivity contribution in [1.29, 1.82) is 0 Å². The van der Waals surface area contributed by atoms with E-state index in [2.05, 4.69) is 0 Å². The van der Waals surface area contributed by atoms with E-state index in [1.165, 1.54) is 0 Å². The first-order chi connectivity index (χ1) is 7.77. The van der Waals surface area contributed by atoms with Crippen molar-refractivity contribution in [3.05, 3.63) is 58.3 Å². The molecule has 0 amide bonds. The topological polar surface area (TPSA) is 40.1 Å². The van der Waals surface area contributed by atoms with Crippen molar-refractivity contribution in [2.75, 3.05) is 0 Å². The van der Waals surface area contributed by atoms with Gasteiger partial charge in [0, 0.05) is 16.8 Å². The van der Waals surface area contributed by atoms with E-state index in [-0.39, 0.29) is 29.6 Å². The summed E-state index contributed by atoms with van der Waals surface area (Å²) >= 11 is 1.57. The Balaban J connectivity index is 0.00000144. The Labute approximate surface area is 127 Å². The van der Waals surface area contributed by atoms with Gasteiger partial charge in [0.05, 0.1) is 0 Å². The van der Waals surface area contributed by atoms with Crippen LogP contribution in [-0.4, -0.2) is 5.97 Å². The summed E-state index contributed by atoms with van der Waals surface area (Å²) in [5.41, 5.74) is 0.802. The van der Waals surface area contributed by atoms with E-state index in [1.54, 1.807) is 11.3 Å². The van der Waals surface area contributed by atoms with Gasteiger partial charge in [-0.1, -0.05) is 36.4 Å². The molecular weight excluding hydrogens is 243 g/mol. The number of carbonyl (C=O) groups is 1. The normalized spacial score (nSPS) is 11.5. The minimum atomic E-state index is -1.01. The van der Waals surface area contributed by atoms with Gasteiger partial charge >= 0.3 is 29.6 Å². The fraction of sp³-hybridized carbons (Fsp3) is 0.154. The third-order valence-electron chi connectivity index (χ3n) is 2.47. The average molecular weight is 254 g/mol. The summed E-state index contributed by atoms with van der Waals surface area (Å²) in [4.78, 5) is 12.2. The molecule has 1 aromatic carbocycles. The molecule has 0 N–H and O–H groups in total. The Bertz CT molecular complexity index is 454. The van der Waals surface area contributed by atoms with Gasteiger partial charge in [0.2, 0.25) is 0 Å². The van der Waals surface area contributed by atoms with E-state index in [0.29, 0.717) is 6.42 Å². The molecule has 2 rings (SSSR count). The fourth-order valence-corrected chi connectivity index (χ4v) is 2.40. The number of carboxylic acids is 1. The molecule has 0 aliphatic rings. The van der Waals surface area contributed by atoms with Crippen molar-refractivity contribution in [1.82, 2.24) is 0 Å². The first-order valence-electron chi connectivity index (χ1n) is 5.05. The van der Waals surface area contributed by atoms with E-state index in [0.717, 1.165) is 10.4 Å². The van der Waals surface area contributed by atoms with Gasteiger partial charge in [-0.3, -0.25) is 0 Å². The standard InChI is InChI=1S/C13H12O2S.Na/c14-13(15)12(9-11-7-4-8-16-11)10-5-2-1-3-6-10;/h1-8,12H,9H2,(H,14,15);/q;+1/p-1/t12-;/m1./s1. The number of carbonyl (C=O) groups excluding carboxylic acids is 1. The Morgan fingerprint density at radius 3 is 2.41 bits per heavy atom. The quantitative estimate of drug-likeness (QED) is 0.645. The summed E-state index contributed by atoms with van der Waals surface area (Å²) < 4.78 is 0. The number of carboxylic acid groups (broad SMARTS) is 1. The van der Waals surface area contributed by atoms with Crippen LogP contribution in [0, 0.1) is 0 Å². The molecule has 0 aliphatic heterocycles. The van der Waals surface area contributed by atoms with Gasteiger partial charge in [-0.05, 0) is 23.4 Å². The van der Waals surface area contributed by atoms with Crippen LogP contribution in [0.1, 0.15) is 16.4 Å². The summed E-state index contributed by atoms with van der Waals surface area (Å²) in [5.74, 6) is -1.57. The van der Waals surface area contributed by atoms with Crippen LogP contribution in [0.3, 0.4) is 0 Å². The molecule has 2 aromatic rings. The molecule has 0 bridgehead atoms. The average Bonchev–Trinajstić information content (AvgIpc) is 2.79. The smallest absolute Gasteiger partial charge is 0.549 e. The van der Waals surface area contributed by atoms with Crippen LogP contribution in [-0.2, 0) is 11.2 Å². The Morgan fingerprint density at radius 2 is 1.88 bits per heavy atom. The minimum absolute atomic E-state index is 0. The van der Waals surface area contributed by atoms with Crippen molar-refractivity contribution in [2.45, 2.75) is 12.3 Å². The Hall–Kier alpha value is -0.610. The zero-order valence-corrected chi connectivity index (χ0v) is 12.4. The SMILES string of the molecule is O=C([O-])[C@H](Cc1cccs1)c1ccccc1.[Na+]. The first-order valence-corrected chi connectivity index (χ1v) is 5.93. The molecule has 82 valence electrons. The number of thiophene rings is 1. The largest absolute Gasteiger partial charge is 1.00 e. The second-order valence-corrected chi connectivity index (χ2v) is 4.60. The maximum Gasteiger partial charge on any atom is 1.00 e. The van der Waals surface area contributed by atoms with Crippen molar-refractivity contribution in [2.24, 2.45) is 0 Å².